The summed E-state index contributed by atoms with van der Waals surface area (Å²) in [4.78, 5) is 24.0. The highest BCUT2D eigenvalue weighted by Gasteiger charge is 2.35. The average molecular weight is 325 g/mol. The van der Waals surface area contributed by atoms with Crippen LogP contribution in [0.25, 0.3) is 0 Å². The van der Waals surface area contributed by atoms with Gasteiger partial charge >= 0.3 is 0 Å². The Kier molecular flexibility index (Phi) is 3.87. The number of likely N-dealkylation sites (tertiary alicyclic amines) is 1. The molecule has 3 heterocycles. The third-order valence-corrected chi connectivity index (χ3v) is 5.21. The van der Waals surface area contributed by atoms with Gasteiger partial charge in [0.2, 0.25) is 0 Å². The van der Waals surface area contributed by atoms with Crippen molar-refractivity contribution in [1.29, 1.82) is 0 Å². The quantitative estimate of drug-likeness (QED) is 0.847. The van der Waals surface area contributed by atoms with Crippen molar-refractivity contribution in [3.05, 3.63) is 46.4 Å². The van der Waals surface area contributed by atoms with Crippen LogP contribution in [0.15, 0.2) is 16.7 Å². The van der Waals surface area contributed by atoms with Crippen molar-refractivity contribution < 1.29 is 9.21 Å². The second kappa shape index (κ2) is 6.04. The molecule has 1 fully saturated rings. The number of amides is 1. The standard InChI is InChI=1S/C19H23N3O2/c1-12-18(14-6-3-4-8-17(14)24-12)19(23)22-11-5-7-16(22)15-9-10-20-13(2)21-15/h9-10,16H,3-8,11H2,1-2H3. The first kappa shape index (κ1) is 15.4. The first-order chi connectivity index (χ1) is 11.6. The molecule has 4 rings (SSSR count). The Balaban J connectivity index is 1.68. The predicted octanol–water partition coefficient (Wildman–Crippen LogP) is 3.54. The molecule has 0 radical (unpaired) electrons. The predicted molar refractivity (Wildman–Crippen MR) is 89.9 cm³/mol. The summed E-state index contributed by atoms with van der Waals surface area (Å²) >= 11 is 0. The first-order valence-electron chi connectivity index (χ1n) is 8.87. The zero-order valence-electron chi connectivity index (χ0n) is 14.3. The zero-order chi connectivity index (χ0) is 16.7. The summed E-state index contributed by atoms with van der Waals surface area (Å²) < 4.78 is 5.90. The van der Waals surface area contributed by atoms with Crippen molar-refractivity contribution in [2.75, 3.05) is 6.54 Å². The third kappa shape index (κ3) is 2.52. The largest absolute Gasteiger partial charge is 0.465 e. The number of aromatic nitrogens is 2. The SMILES string of the molecule is Cc1nccc(C2CCCN2C(=O)c2c(C)oc3c2CCCC3)n1. The van der Waals surface area contributed by atoms with E-state index in [-0.39, 0.29) is 11.9 Å². The molecule has 5 heteroatoms. The van der Waals surface area contributed by atoms with Crippen LogP contribution in [0.3, 0.4) is 0 Å². The number of nitrogens with zero attached hydrogens (tertiary/aromatic N) is 3. The van der Waals surface area contributed by atoms with Crippen LogP contribution in [0.1, 0.15) is 70.7 Å². The van der Waals surface area contributed by atoms with E-state index in [2.05, 4.69) is 9.97 Å². The van der Waals surface area contributed by atoms with E-state index in [1.54, 1.807) is 6.20 Å². The molecule has 1 aliphatic heterocycles. The fourth-order valence-electron chi connectivity index (χ4n) is 4.10. The molecule has 0 bridgehead atoms. The molecule has 1 amide bonds. The van der Waals surface area contributed by atoms with E-state index in [1.165, 1.54) is 0 Å². The van der Waals surface area contributed by atoms with Crippen LogP contribution in [0.4, 0.5) is 0 Å². The Bertz CT molecular complexity index is 781. The number of fused-ring (bicyclic) bond motifs is 1. The Labute approximate surface area is 142 Å². The Morgan fingerprint density at radius 3 is 2.92 bits per heavy atom. The summed E-state index contributed by atoms with van der Waals surface area (Å²) in [5, 5.41) is 0. The molecule has 126 valence electrons. The van der Waals surface area contributed by atoms with E-state index in [4.69, 9.17) is 4.42 Å². The zero-order valence-corrected chi connectivity index (χ0v) is 14.3. The van der Waals surface area contributed by atoms with E-state index in [1.807, 2.05) is 24.8 Å². The van der Waals surface area contributed by atoms with Crippen molar-refractivity contribution in [3.63, 3.8) is 0 Å². The lowest BCUT2D eigenvalue weighted by Gasteiger charge is -2.25. The van der Waals surface area contributed by atoms with Gasteiger partial charge in [0.25, 0.3) is 5.91 Å². The lowest BCUT2D eigenvalue weighted by molar-refractivity contribution is 0.0730. The third-order valence-electron chi connectivity index (χ3n) is 5.21. The fourth-order valence-corrected chi connectivity index (χ4v) is 4.10. The van der Waals surface area contributed by atoms with Gasteiger partial charge in [-0.3, -0.25) is 4.79 Å². The number of aryl methyl sites for hydroxylation is 3. The van der Waals surface area contributed by atoms with Gasteiger partial charge in [-0.05, 0) is 52.0 Å². The van der Waals surface area contributed by atoms with Gasteiger partial charge in [0, 0.05) is 24.7 Å². The number of carbonyl (C=O) groups excluding carboxylic acids is 1. The van der Waals surface area contributed by atoms with E-state index >= 15 is 0 Å². The van der Waals surface area contributed by atoms with Crippen LogP contribution < -0.4 is 0 Å². The molecule has 5 nitrogen and oxygen atoms in total. The van der Waals surface area contributed by atoms with Gasteiger partial charge in [-0.2, -0.15) is 0 Å². The van der Waals surface area contributed by atoms with Crippen LogP contribution in [-0.2, 0) is 12.8 Å². The lowest BCUT2D eigenvalue weighted by atomic mass is 9.94. The number of hydrogen-bond acceptors (Lipinski definition) is 4. The van der Waals surface area contributed by atoms with E-state index < -0.39 is 0 Å². The highest BCUT2D eigenvalue weighted by Crippen LogP contribution is 2.36. The maximum atomic E-state index is 13.3. The average Bonchev–Trinajstić information content (AvgIpc) is 3.18. The van der Waals surface area contributed by atoms with Crippen molar-refractivity contribution >= 4 is 5.91 Å². The summed E-state index contributed by atoms with van der Waals surface area (Å²) in [7, 11) is 0. The second-order valence-electron chi connectivity index (χ2n) is 6.83. The highest BCUT2D eigenvalue weighted by molar-refractivity contribution is 5.97. The molecule has 1 unspecified atom stereocenters. The van der Waals surface area contributed by atoms with Gasteiger partial charge in [0.05, 0.1) is 17.3 Å². The van der Waals surface area contributed by atoms with Crippen LogP contribution in [0.2, 0.25) is 0 Å². The number of carbonyl (C=O) groups is 1. The van der Waals surface area contributed by atoms with Gasteiger partial charge in [-0.1, -0.05) is 0 Å². The van der Waals surface area contributed by atoms with E-state index in [9.17, 15) is 4.79 Å². The second-order valence-corrected chi connectivity index (χ2v) is 6.83. The smallest absolute Gasteiger partial charge is 0.258 e. The molecule has 1 aliphatic carbocycles. The number of furan rings is 1. The lowest BCUT2D eigenvalue weighted by Crippen LogP contribution is -2.32. The fraction of sp³-hybridized carbons (Fsp3) is 0.526. The minimum Gasteiger partial charge on any atom is -0.465 e. The summed E-state index contributed by atoms with van der Waals surface area (Å²) in [5.41, 5.74) is 2.90. The normalized spacial score (nSPS) is 20.2. The molecule has 2 aromatic rings. The molecule has 0 aromatic carbocycles. The van der Waals surface area contributed by atoms with Gasteiger partial charge in [-0.25, -0.2) is 9.97 Å². The Morgan fingerprint density at radius 1 is 1.25 bits per heavy atom. The molecule has 24 heavy (non-hydrogen) atoms. The molecule has 1 atom stereocenters. The molecule has 0 saturated carbocycles. The van der Waals surface area contributed by atoms with E-state index in [0.717, 1.165) is 79.2 Å². The maximum absolute atomic E-state index is 13.3. The maximum Gasteiger partial charge on any atom is 0.258 e. The summed E-state index contributed by atoms with van der Waals surface area (Å²) in [6.07, 6.45) is 7.96. The Hall–Kier alpha value is -2.17. The number of hydrogen-bond donors (Lipinski definition) is 0. The molecular formula is C19H23N3O2. The van der Waals surface area contributed by atoms with Crippen LogP contribution >= 0.6 is 0 Å². The molecule has 0 spiro atoms. The molecule has 1 saturated heterocycles. The van der Waals surface area contributed by atoms with Crippen LogP contribution in [0, 0.1) is 13.8 Å². The minimum absolute atomic E-state index is 0.0488. The summed E-state index contributed by atoms with van der Waals surface area (Å²) in [6.45, 7) is 4.60. The van der Waals surface area contributed by atoms with Gasteiger partial charge in [0.15, 0.2) is 0 Å². The summed E-state index contributed by atoms with van der Waals surface area (Å²) in [5.74, 6) is 2.66. The van der Waals surface area contributed by atoms with Gasteiger partial charge in [0.1, 0.15) is 17.3 Å². The Morgan fingerprint density at radius 2 is 2.08 bits per heavy atom. The van der Waals surface area contributed by atoms with Gasteiger partial charge < -0.3 is 9.32 Å². The van der Waals surface area contributed by atoms with E-state index in [0.29, 0.717) is 0 Å². The number of rotatable bonds is 2. The van der Waals surface area contributed by atoms with Crippen molar-refractivity contribution in [2.45, 2.75) is 58.4 Å². The molecule has 0 N–H and O–H groups in total. The monoisotopic (exact) mass is 325 g/mol. The van der Waals surface area contributed by atoms with Gasteiger partial charge in [-0.15, -0.1) is 0 Å². The minimum atomic E-state index is 0.0488. The topological polar surface area (TPSA) is 59.2 Å². The highest BCUT2D eigenvalue weighted by atomic mass is 16.3. The van der Waals surface area contributed by atoms with Crippen LogP contribution in [0.5, 0.6) is 0 Å². The van der Waals surface area contributed by atoms with Crippen molar-refractivity contribution in [3.8, 4) is 0 Å². The van der Waals surface area contributed by atoms with Crippen molar-refractivity contribution in [1.82, 2.24) is 14.9 Å². The molecule has 2 aromatic heterocycles. The molecule has 2 aliphatic rings. The summed E-state index contributed by atoms with van der Waals surface area (Å²) in [6, 6.07) is 1.98. The van der Waals surface area contributed by atoms with Crippen molar-refractivity contribution in [2.24, 2.45) is 0 Å². The molecular weight excluding hydrogens is 302 g/mol. The first-order valence-corrected chi connectivity index (χ1v) is 8.87. The van der Waals surface area contributed by atoms with Crippen LogP contribution in [-0.4, -0.2) is 27.3 Å².